The highest BCUT2D eigenvalue weighted by molar-refractivity contribution is 7.99. The lowest BCUT2D eigenvalue weighted by molar-refractivity contribution is -0.113. The number of aromatic nitrogens is 4. The maximum absolute atomic E-state index is 13.3. The van der Waals surface area contributed by atoms with E-state index in [4.69, 9.17) is 9.47 Å². The van der Waals surface area contributed by atoms with Crippen LogP contribution in [0.4, 0.5) is 10.1 Å². The summed E-state index contributed by atoms with van der Waals surface area (Å²) in [7, 11) is 0. The summed E-state index contributed by atoms with van der Waals surface area (Å²) in [6, 6.07) is 19.6. The number of fused-ring (bicyclic) bond motifs is 4. The van der Waals surface area contributed by atoms with Gasteiger partial charge in [0, 0.05) is 11.8 Å². The van der Waals surface area contributed by atoms with E-state index < -0.39 is 0 Å². The first-order valence-electron chi connectivity index (χ1n) is 10.5. The number of thioether (sulfide) groups is 1. The first-order valence-corrected chi connectivity index (χ1v) is 11.5. The fourth-order valence-corrected chi connectivity index (χ4v) is 4.70. The van der Waals surface area contributed by atoms with Crippen LogP contribution in [0.5, 0.6) is 11.5 Å². The zero-order valence-corrected chi connectivity index (χ0v) is 18.6. The molecular weight excluding hydrogens is 457 g/mol. The molecule has 0 fully saturated rings. The molecule has 0 atom stereocenters. The molecule has 3 heterocycles. The van der Waals surface area contributed by atoms with Gasteiger partial charge in [-0.05, 0) is 42.0 Å². The van der Waals surface area contributed by atoms with Gasteiger partial charge in [0.05, 0.1) is 23.3 Å². The first kappa shape index (κ1) is 20.5. The Labute approximate surface area is 197 Å². The van der Waals surface area contributed by atoms with Gasteiger partial charge in [0.25, 0.3) is 0 Å². The van der Waals surface area contributed by atoms with E-state index in [0.29, 0.717) is 34.7 Å². The summed E-state index contributed by atoms with van der Waals surface area (Å²) < 4.78 is 28.0. The number of halogens is 1. The third-order valence-corrected chi connectivity index (χ3v) is 6.44. The van der Waals surface area contributed by atoms with Gasteiger partial charge in [-0.2, -0.15) is 0 Å². The predicted octanol–water partition coefficient (Wildman–Crippen LogP) is 4.33. The van der Waals surface area contributed by atoms with E-state index in [2.05, 4.69) is 15.5 Å². The highest BCUT2D eigenvalue weighted by Crippen LogP contribution is 2.34. The molecule has 0 bridgehead atoms. The average molecular weight is 476 g/mol. The van der Waals surface area contributed by atoms with Gasteiger partial charge < -0.3 is 19.4 Å². The summed E-state index contributed by atoms with van der Waals surface area (Å²) in [6.45, 7) is 0.699. The van der Waals surface area contributed by atoms with Crippen LogP contribution in [-0.2, 0) is 11.3 Å². The van der Waals surface area contributed by atoms with Gasteiger partial charge in [0.2, 0.25) is 18.5 Å². The van der Waals surface area contributed by atoms with Crippen molar-refractivity contribution < 1.29 is 18.7 Å². The van der Waals surface area contributed by atoms with Crippen molar-refractivity contribution in [1.29, 1.82) is 0 Å². The molecule has 8 nitrogen and oxygen atoms in total. The number of anilines is 1. The van der Waals surface area contributed by atoms with Gasteiger partial charge in [-0.3, -0.25) is 9.20 Å². The second kappa shape index (κ2) is 8.38. The van der Waals surface area contributed by atoms with Crippen molar-refractivity contribution in [3.05, 3.63) is 78.1 Å². The third kappa shape index (κ3) is 3.71. The molecule has 1 aliphatic rings. The molecule has 0 saturated carbocycles. The molecule has 0 aliphatic carbocycles. The largest absolute Gasteiger partial charge is 0.454 e. The second-order valence-corrected chi connectivity index (χ2v) is 8.67. The Bertz CT molecular complexity index is 1530. The number of rotatable bonds is 6. The van der Waals surface area contributed by atoms with Gasteiger partial charge in [0.15, 0.2) is 16.7 Å². The predicted molar refractivity (Wildman–Crippen MR) is 126 cm³/mol. The van der Waals surface area contributed by atoms with Crippen molar-refractivity contribution in [2.75, 3.05) is 17.9 Å². The van der Waals surface area contributed by atoms with Gasteiger partial charge >= 0.3 is 0 Å². The molecule has 1 amide bonds. The number of hydrogen-bond acceptors (Lipinski definition) is 6. The van der Waals surface area contributed by atoms with Crippen LogP contribution in [-0.4, -0.2) is 37.6 Å². The maximum Gasteiger partial charge on any atom is 0.237 e. The number of para-hydroxylation sites is 2. The number of nitrogens with one attached hydrogen (secondary N) is 1. The van der Waals surface area contributed by atoms with Crippen molar-refractivity contribution in [2.24, 2.45) is 0 Å². The van der Waals surface area contributed by atoms with Gasteiger partial charge in [-0.15, -0.1) is 10.2 Å². The van der Waals surface area contributed by atoms with Crippen LogP contribution >= 0.6 is 11.8 Å². The van der Waals surface area contributed by atoms with Crippen molar-refractivity contribution >= 4 is 40.2 Å². The first-order chi connectivity index (χ1) is 16.7. The van der Waals surface area contributed by atoms with Crippen molar-refractivity contribution in [2.45, 2.75) is 11.7 Å². The van der Waals surface area contributed by atoms with Crippen LogP contribution in [0, 0.1) is 5.82 Å². The summed E-state index contributed by atoms with van der Waals surface area (Å²) in [5, 5.41) is 12.2. The molecule has 0 unspecified atom stereocenters. The Morgan fingerprint density at radius 3 is 2.65 bits per heavy atom. The molecule has 5 aromatic rings. The lowest BCUT2D eigenvalue weighted by Gasteiger charge is -2.05. The molecule has 3 aromatic carbocycles. The number of benzene rings is 3. The molecule has 170 valence electrons. The lowest BCUT2D eigenvalue weighted by atomic mass is 10.2. The van der Waals surface area contributed by atoms with Crippen LogP contribution in [0.1, 0.15) is 5.56 Å². The Kier molecular flexibility index (Phi) is 5.06. The van der Waals surface area contributed by atoms with Crippen LogP contribution in [0.2, 0.25) is 0 Å². The normalized spacial score (nSPS) is 12.5. The summed E-state index contributed by atoms with van der Waals surface area (Å²) in [5.41, 5.74) is 3.49. The fraction of sp³-hybridized carbons (Fsp3) is 0.125. The minimum atomic E-state index is -0.272. The van der Waals surface area contributed by atoms with Crippen molar-refractivity contribution in [3.8, 4) is 11.5 Å². The smallest absolute Gasteiger partial charge is 0.237 e. The molecule has 6 rings (SSSR count). The Morgan fingerprint density at radius 2 is 1.79 bits per heavy atom. The van der Waals surface area contributed by atoms with Crippen LogP contribution in [0.25, 0.3) is 16.8 Å². The topological polar surface area (TPSA) is 82.7 Å². The quantitative estimate of drug-likeness (QED) is 0.368. The number of carbonyl (C=O) groups is 1. The number of amides is 1. The minimum absolute atomic E-state index is 0.159. The van der Waals surface area contributed by atoms with E-state index >= 15 is 0 Å². The molecule has 34 heavy (non-hydrogen) atoms. The van der Waals surface area contributed by atoms with Crippen LogP contribution in [0.15, 0.2) is 71.9 Å². The Hall–Kier alpha value is -4.05. The third-order valence-electron chi connectivity index (χ3n) is 5.51. The number of nitrogens with zero attached hydrogens (tertiary/aromatic N) is 4. The molecule has 2 aromatic heterocycles. The summed E-state index contributed by atoms with van der Waals surface area (Å²) in [5.74, 6) is 1.65. The zero-order chi connectivity index (χ0) is 23.1. The molecule has 0 saturated heterocycles. The number of hydrogen-bond donors (Lipinski definition) is 1. The maximum atomic E-state index is 13.3. The monoisotopic (exact) mass is 475 g/mol. The van der Waals surface area contributed by atoms with E-state index in [1.54, 1.807) is 30.3 Å². The zero-order valence-electron chi connectivity index (χ0n) is 17.8. The van der Waals surface area contributed by atoms with Crippen molar-refractivity contribution in [1.82, 2.24) is 19.2 Å². The fourth-order valence-electron chi connectivity index (χ4n) is 3.96. The SMILES string of the molecule is O=C(CSc1nnc2n(Cc3ccc(F)cc3)c3ccccc3n12)Nc1ccc2c(c1)OCO2. The summed E-state index contributed by atoms with van der Waals surface area (Å²) in [4.78, 5) is 12.6. The number of ether oxygens (including phenoxy) is 2. The van der Waals surface area contributed by atoms with Gasteiger partial charge in [0.1, 0.15) is 5.82 Å². The summed E-state index contributed by atoms with van der Waals surface area (Å²) >= 11 is 1.30. The highest BCUT2D eigenvalue weighted by Gasteiger charge is 2.19. The molecule has 10 heteroatoms. The molecule has 1 N–H and O–H groups in total. The lowest BCUT2D eigenvalue weighted by Crippen LogP contribution is -2.14. The molecule has 0 radical (unpaired) electrons. The van der Waals surface area contributed by atoms with E-state index in [1.807, 2.05) is 33.2 Å². The van der Waals surface area contributed by atoms with Gasteiger partial charge in [-0.25, -0.2) is 4.39 Å². The van der Waals surface area contributed by atoms with E-state index in [9.17, 15) is 9.18 Å². The highest BCUT2D eigenvalue weighted by atomic mass is 32.2. The van der Waals surface area contributed by atoms with E-state index in [-0.39, 0.29) is 24.3 Å². The van der Waals surface area contributed by atoms with Gasteiger partial charge in [-0.1, -0.05) is 36.0 Å². The Balaban J connectivity index is 1.25. The number of imidazole rings is 1. The van der Waals surface area contributed by atoms with E-state index in [0.717, 1.165) is 16.6 Å². The Morgan fingerprint density at radius 1 is 1.00 bits per heavy atom. The van der Waals surface area contributed by atoms with Crippen LogP contribution < -0.4 is 14.8 Å². The molecule has 1 aliphatic heterocycles. The second-order valence-electron chi connectivity index (χ2n) is 7.72. The molecule has 0 spiro atoms. The standard InChI is InChI=1S/C24H18FN5O3S/c25-16-7-5-15(6-8-16)12-29-18-3-1-2-4-19(18)30-23(29)27-28-24(30)34-13-22(31)26-17-9-10-20-21(11-17)33-14-32-20/h1-11H,12-14H2,(H,26,31). The van der Waals surface area contributed by atoms with Crippen LogP contribution in [0.3, 0.4) is 0 Å². The van der Waals surface area contributed by atoms with E-state index in [1.165, 1.54) is 23.9 Å². The summed E-state index contributed by atoms with van der Waals surface area (Å²) in [6.07, 6.45) is 0. The minimum Gasteiger partial charge on any atom is -0.454 e. The molecular formula is C24H18FN5O3S. The number of carbonyl (C=O) groups excluding carboxylic acids is 1. The average Bonchev–Trinajstić information content (AvgIpc) is 3.55. The van der Waals surface area contributed by atoms with Crippen molar-refractivity contribution in [3.63, 3.8) is 0 Å².